The van der Waals surface area contributed by atoms with Crippen molar-refractivity contribution >= 4 is 17.5 Å². The highest BCUT2D eigenvalue weighted by Crippen LogP contribution is 2.48. The molecule has 0 unspecified atom stereocenters. The number of hydrogen-bond acceptors (Lipinski definition) is 1. The molecule has 0 heterocycles. The van der Waals surface area contributed by atoms with Gasteiger partial charge in [0.05, 0.1) is 0 Å². The lowest BCUT2D eigenvalue weighted by Crippen LogP contribution is -2.43. The first-order chi connectivity index (χ1) is 9.44. The van der Waals surface area contributed by atoms with Gasteiger partial charge in [-0.25, -0.2) is 0 Å². The maximum Gasteiger partial charge on any atom is 0.221 e. The van der Waals surface area contributed by atoms with Gasteiger partial charge in [-0.1, -0.05) is 42.3 Å². The van der Waals surface area contributed by atoms with Gasteiger partial charge < -0.3 is 5.32 Å². The van der Waals surface area contributed by atoms with E-state index in [1.165, 1.54) is 5.56 Å². The maximum atomic E-state index is 11.5. The Morgan fingerprint density at radius 1 is 1.30 bits per heavy atom. The minimum Gasteiger partial charge on any atom is -0.329 e. The van der Waals surface area contributed by atoms with E-state index in [0.717, 1.165) is 35.6 Å². The van der Waals surface area contributed by atoms with E-state index in [-0.39, 0.29) is 11.3 Å². The lowest BCUT2D eigenvalue weighted by atomic mass is 9.62. The summed E-state index contributed by atoms with van der Waals surface area (Å²) < 4.78 is 0. The number of halogens is 1. The first-order valence-electron chi connectivity index (χ1n) is 6.85. The molecular formula is C17H20ClNO. The summed E-state index contributed by atoms with van der Waals surface area (Å²) in [6, 6.07) is 7.91. The van der Waals surface area contributed by atoms with E-state index in [0.29, 0.717) is 0 Å². The van der Waals surface area contributed by atoms with Gasteiger partial charge in [-0.05, 0) is 43.5 Å². The standard InChI is InChI=1S/C17H20ClNO/c1-12(2)11-16(19-13(3)20)17(9-4-10-17)14-5-7-15(18)8-6-14/h5-8,11H,1,4,9-10H2,2-3H3,(H,19,20)/b16-11+. The molecule has 20 heavy (non-hydrogen) atoms. The van der Waals surface area contributed by atoms with Crippen LogP contribution in [0.3, 0.4) is 0 Å². The Bertz CT molecular complexity index is 553. The van der Waals surface area contributed by atoms with Gasteiger partial charge in [0.1, 0.15) is 0 Å². The Hall–Kier alpha value is -1.54. The van der Waals surface area contributed by atoms with Crippen LogP contribution in [0.15, 0.2) is 48.2 Å². The second-order valence-electron chi connectivity index (χ2n) is 5.53. The monoisotopic (exact) mass is 289 g/mol. The van der Waals surface area contributed by atoms with Crippen LogP contribution in [0.25, 0.3) is 0 Å². The molecule has 1 fully saturated rings. The molecule has 0 aliphatic heterocycles. The van der Waals surface area contributed by atoms with Crippen molar-refractivity contribution < 1.29 is 4.79 Å². The zero-order chi connectivity index (χ0) is 14.8. The number of nitrogens with one attached hydrogen (secondary N) is 1. The summed E-state index contributed by atoms with van der Waals surface area (Å²) in [5.74, 6) is -0.0438. The number of allylic oxidation sites excluding steroid dienone is 3. The summed E-state index contributed by atoms with van der Waals surface area (Å²) in [5, 5.41) is 3.73. The van der Waals surface area contributed by atoms with Gasteiger partial charge in [0.25, 0.3) is 0 Å². The Balaban J connectivity index is 2.43. The number of carbonyl (C=O) groups is 1. The van der Waals surface area contributed by atoms with Gasteiger partial charge in [-0.15, -0.1) is 0 Å². The lowest BCUT2D eigenvalue weighted by molar-refractivity contribution is -0.118. The average Bonchev–Trinajstić information content (AvgIpc) is 2.28. The van der Waals surface area contributed by atoms with Gasteiger partial charge >= 0.3 is 0 Å². The number of hydrogen-bond donors (Lipinski definition) is 1. The zero-order valence-corrected chi connectivity index (χ0v) is 12.8. The third-order valence-corrected chi connectivity index (χ3v) is 4.07. The Kier molecular flexibility index (Phi) is 4.34. The molecule has 3 heteroatoms. The molecular weight excluding hydrogens is 270 g/mol. The second kappa shape index (κ2) is 5.84. The fourth-order valence-electron chi connectivity index (χ4n) is 2.74. The average molecular weight is 290 g/mol. The lowest BCUT2D eigenvalue weighted by Gasteiger charge is -2.44. The van der Waals surface area contributed by atoms with E-state index in [1.54, 1.807) is 6.92 Å². The van der Waals surface area contributed by atoms with Crippen molar-refractivity contribution in [1.82, 2.24) is 5.32 Å². The largest absolute Gasteiger partial charge is 0.329 e. The molecule has 0 bridgehead atoms. The van der Waals surface area contributed by atoms with E-state index >= 15 is 0 Å². The van der Waals surface area contributed by atoms with Crippen LogP contribution in [0, 0.1) is 0 Å². The van der Waals surface area contributed by atoms with Gasteiger partial charge in [0, 0.05) is 23.1 Å². The van der Waals surface area contributed by atoms with Crippen LogP contribution < -0.4 is 5.32 Å². The first-order valence-corrected chi connectivity index (χ1v) is 7.23. The van der Waals surface area contributed by atoms with Crippen molar-refractivity contribution in [2.75, 3.05) is 0 Å². The predicted molar refractivity (Wildman–Crippen MR) is 83.7 cm³/mol. The van der Waals surface area contributed by atoms with Crippen LogP contribution in [0.4, 0.5) is 0 Å². The van der Waals surface area contributed by atoms with Crippen LogP contribution in [0.2, 0.25) is 5.02 Å². The molecule has 106 valence electrons. The van der Waals surface area contributed by atoms with E-state index in [9.17, 15) is 4.79 Å². The fraction of sp³-hybridized carbons (Fsp3) is 0.353. The molecule has 1 aliphatic carbocycles. The predicted octanol–water partition coefficient (Wildman–Crippen LogP) is 4.36. The Morgan fingerprint density at radius 3 is 2.30 bits per heavy atom. The van der Waals surface area contributed by atoms with Crippen molar-refractivity contribution in [3.63, 3.8) is 0 Å². The molecule has 0 saturated heterocycles. The topological polar surface area (TPSA) is 29.1 Å². The van der Waals surface area contributed by atoms with Crippen molar-refractivity contribution in [1.29, 1.82) is 0 Å². The van der Waals surface area contributed by atoms with Gasteiger partial charge in [0.15, 0.2) is 0 Å². The minimum absolute atomic E-state index is 0.0438. The first kappa shape index (κ1) is 14.9. The van der Waals surface area contributed by atoms with Crippen LogP contribution in [-0.2, 0) is 10.2 Å². The smallest absolute Gasteiger partial charge is 0.221 e. The van der Waals surface area contributed by atoms with Gasteiger partial charge in [0.2, 0.25) is 5.91 Å². The Labute approximate surface area is 125 Å². The highest BCUT2D eigenvalue weighted by molar-refractivity contribution is 6.30. The molecule has 0 spiro atoms. The van der Waals surface area contributed by atoms with Crippen molar-refractivity contribution in [3.8, 4) is 0 Å². The summed E-state index contributed by atoms with van der Waals surface area (Å²) in [6.45, 7) is 7.42. The van der Waals surface area contributed by atoms with Gasteiger partial charge in [-0.3, -0.25) is 4.79 Å². The molecule has 2 rings (SSSR count). The van der Waals surface area contributed by atoms with Crippen molar-refractivity contribution in [2.45, 2.75) is 38.5 Å². The van der Waals surface area contributed by atoms with E-state index in [1.807, 2.05) is 25.1 Å². The van der Waals surface area contributed by atoms with Crippen LogP contribution in [-0.4, -0.2) is 5.91 Å². The fourth-order valence-corrected chi connectivity index (χ4v) is 2.87. The quantitative estimate of drug-likeness (QED) is 0.820. The second-order valence-corrected chi connectivity index (χ2v) is 5.96. The summed E-state index contributed by atoms with van der Waals surface area (Å²) in [4.78, 5) is 11.5. The van der Waals surface area contributed by atoms with Crippen molar-refractivity contribution in [3.05, 3.63) is 58.8 Å². The molecule has 1 aromatic rings. The molecule has 1 N–H and O–H groups in total. The number of amides is 1. The number of rotatable bonds is 4. The minimum atomic E-state index is -0.102. The Morgan fingerprint density at radius 2 is 1.90 bits per heavy atom. The summed E-state index contributed by atoms with van der Waals surface area (Å²) in [5.41, 5.74) is 2.99. The zero-order valence-electron chi connectivity index (χ0n) is 12.0. The third-order valence-electron chi connectivity index (χ3n) is 3.82. The summed E-state index contributed by atoms with van der Waals surface area (Å²) in [6.07, 6.45) is 5.22. The number of carbonyl (C=O) groups excluding carboxylic acids is 1. The third kappa shape index (κ3) is 2.96. The summed E-state index contributed by atoms with van der Waals surface area (Å²) >= 11 is 5.97. The highest BCUT2D eigenvalue weighted by Gasteiger charge is 2.42. The molecule has 0 atom stereocenters. The van der Waals surface area contributed by atoms with Crippen LogP contribution in [0.1, 0.15) is 38.7 Å². The van der Waals surface area contributed by atoms with Crippen LogP contribution in [0.5, 0.6) is 0 Å². The van der Waals surface area contributed by atoms with Gasteiger partial charge in [-0.2, -0.15) is 0 Å². The molecule has 2 nitrogen and oxygen atoms in total. The molecule has 1 aromatic carbocycles. The molecule has 1 aliphatic rings. The SMILES string of the molecule is C=C(C)/C=C(/NC(C)=O)C1(c2ccc(Cl)cc2)CCC1. The highest BCUT2D eigenvalue weighted by atomic mass is 35.5. The van der Waals surface area contributed by atoms with E-state index in [4.69, 9.17) is 11.6 Å². The maximum absolute atomic E-state index is 11.5. The molecule has 1 saturated carbocycles. The van der Waals surface area contributed by atoms with E-state index < -0.39 is 0 Å². The van der Waals surface area contributed by atoms with E-state index in [2.05, 4.69) is 24.0 Å². The normalized spacial score (nSPS) is 17.2. The summed E-state index contributed by atoms with van der Waals surface area (Å²) in [7, 11) is 0. The molecule has 0 aromatic heterocycles. The molecule has 0 radical (unpaired) electrons. The van der Waals surface area contributed by atoms with Crippen molar-refractivity contribution in [2.24, 2.45) is 0 Å². The number of benzene rings is 1. The molecule has 1 amide bonds. The van der Waals surface area contributed by atoms with Crippen LogP contribution >= 0.6 is 11.6 Å².